The average Bonchev–Trinajstić information content (AvgIpc) is 3.03. The Morgan fingerprint density at radius 1 is 1.15 bits per heavy atom. The van der Waals surface area contributed by atoms with Crippen molar-refractivity contribution in [2.75, 3.05) is 51.3 Å². The van der Waals surface area contributed by atoms with Crippen LogP contribution in [0.5, 0.6) is 0 Å². The Bertz CT molecular complexity index is 1050. The minimum absolute atomic E-state index is 0.0212. The van der Waals surface area contributed by atoms with E-state index in [2.05, 4.69) is 4.90 Å². The maximum atomic E-state index is 13.3. The number of imide groups is 1. The van der Waals surface area contributed by atoms with Crippen molar-refractivity contribution in [3.63, 3.8) is 0 Å². The summed E-state index contributed by atoms with van der Waals surface area (Å²) in [5.74, 6) is -1.31. The van der Waals surface area contributed by atoms with Crippen LogP contribution in [0.15, 0.2) is 29.3 Å². The van der Waals surface area contributed by atoms with E-state index >= 15 is 0 Å². The van der Waals surface area contributed by atoms with E-state index in [4.69, 9.17) is 10.00 Å². The fraction of sp³-hybridized carbons (Fsp3) is 0.478. The third-order valence-electron chi connectivity index (χ3n) is 6.05. The normalized spacial score (nSPS) is 17.5. The number of alkyl halides is 3. The second-order valence-corrected chi connectivity index (χ2v) is 8.10. The number of rotatable bonds is 7. The first-order valence-corrected chi connectivity index (χ1v) is 10.8. The summed E-state index contributed by atoms with van der Waals surface area (Å²) in [7, 11) is 1.54. The van der Waals surface area contributed by atoms with Gasteiger partial charge in [-0.1, -0.05) is 0 Å². The van der Waals surface area contributed by atoms with Gasteiger partial charge < -0.3 is 9.64 Å². The van der Waals surface area contributed by atoms with Crippen molar-refractivity contribution in [1.82, 2.24) is 9.80 Å². The van der Waals surface area contributed by atoms with Crippen LogP contribution in [0.4, 0.5) is 18.9 Å². The van der Waals surface area contributed by atoms with Gasteiger partial charge in [0.2, 0.25) is 5.91 Å². The fourth-order valence-electron chi connectivity index (χ4n) is 4.05. The van der Waals surface area contributed by atoms with Crippen molar-refractivity contribution in [1.29, 1.82) is 5.26 Å². The molecule has 11 heteroatoms. The summed E-state index contributed by atoms with van der Waals surface area (Å²) >= 11 is 0. The van der Waals surface area contributed by atoms with Crippen molar-refractivity contribution in [2.24, 2.45) is 0 Å². The number of anilines is 1. The van der Waals surface area contributed by atoms with E-state index in [1.54, 1.807) is 4.90 Å². The van der Waals surface area contributed by atoms with Gasteiger partial charge in [0.25, 0.3) is 11.8 Å². The van der Waals surface area contributed by atoms with Gasteiger partial charge in [-0.3, -0.25) is 19.3 Å². The summed E-state index contributed by atoms with van der Waals surface area (Å²) in [6, 6.07) is 4.26. The number of nitriles is 1. The molecule has 0 N–H and O–H groups in total. The molecule has 3 amide bonds. The second kappa shape index (κ2) is 10.4. The molecule has 34 heavy (non-hydrogen) atoms. The summed E-state index contributed by atoms with van der Waals surface area (Å²) in [5, 5.41) is 8.97. The first kappa shape index (κ1) is 25.4. The summed E-state index contributed by atoms with van der Waals surface area (Å²) in [6.07, 6.45) is -4.22. The third kappa shape index (κ3) is 5.29. The fourth-order valence-corrected chi connectivity index (χ4v) is 4.05. The molecule has 1 aromatic rings. The monoisotopic (exact) mass is 478 g/mol. The van der Waals surface area contributed by atoms with Gasteiger partial charge in [0, 0.05) is 51.0 Å². The zero-order chi connectivity index (χ0) is 25.0. The van der Waals surface area contributed by atoms with Gasteiger partial charge in [0.1, 0.15) is 0 Å². The maximum Gasteiger partial charge on any atom is 0.417 e. The quantitative estimate of drug-likeness (QED) is 0.559. The SMILES string of the molecule is COCCC(=O)N1CCN(CCC2=C(C)C(=O)N(c3ccc(C#N)c(C(F)(F)F)c3)C2=O)CC1. The molecule has 182 valence electrons. The highest BCUT2D eigenvalue weighted by Crippen LogP contribution is 2.36. The first-order valence-electron chi connectivity index (χ1n) is 10.8. The number of benzene rings is 1. The van der Waals surface area contributed by atoms with Crippen LogP contribution >= 0.6 is 0 Å². The minimum atomic E-state index is -4.80. The van der Waals surface area contributed by atoms with Crippen molar-refractivity contribution in [2.45, 2.75) is 25.9 Å². The lowest BCUT2D eigenvalue weighted by molar-refractivity contribution is -0.138. The van der Waals surface area contributed by atoms with Crippen LogP contribution in [0.2, 0.25) is 0 Å². The van der Waals surface area contributed by atoms with E-state index in [-0.39, 0.29) is 29.2 Å². The van der Waals surface area contributed by atoms with Crippen LogP contribution in [-0.4, -0.2) is 74.0 Å². The number of amides is 3. The Hall–Kier alpha value is -3.23. The van der Waals surface area contributed by atoms with Crippen LogP contribution < -0.4 is 4.90 Å². The second-order valence-electron chi connectivity index (χ2n) is 8.10. The minimum Gasteiger partial charge on any atom is -0.384 e. The number of carbonyl (C=O) groups excluding carboxylic acids is 3. The number of piperazine rings is 1. The third-order valence-corrected chi connectivity index (χ3v) is 6.05. The Labute approximate surface area is 195 Å². The number of halogens is 3. The van der Waals surface area contributed by atoms with Crippen LogP contribution in [-0.2, 0) is 25.3 Å². The molecule has 1 aromatic carbocycles. The van der Waals surface area contributed by atoms with Gasteiger partial charge in [-0.25, -0.2) is 4.90 Å². The van der Waals surface area contributed by atoms with Crippen LogP contribution in [0.1, 0.15) is 30.9 Å². The predicted octanol–water partition coefficient (Wildman–Crippen LogP) is 2.34. The maximum absolute atomic E-state index is 13.3. The van der Waals surface area contributed by atoms with E-state index in [1.807, 2.05) is 0 Å². The molecular formula is C23H25F3N4O4. The van der Waals surface area contributed by atoms with Crippen LogP contribution in [0.3, 0.4) is 0 Å². The molecule has 3 rings (SSSR count). The number of ether oxygens (including phenoxy) is 1. The lowest BCUT2D eigenvalue weighted by Crippen LogP contribution is -2.49. The van der Waals surface area contributed by atoms with Crippen LogP contribution in [0.25, 0.3) is 0 Å². The predicted molar refractivity (Wildman–Crippen MR) is 115 cm³/mol. The summed E-state index contributed by atoms with van der Waals surface area (Å²) in [6.45, 7) is 4.64. The Kier molecular flexibility index (Phi) is 7.74. The van der Waals surface area contributed by atoms with E-state index in [0.29, 0.717) is 51.8 Å². The molecule has 0 spiro atoms. The molecule has 1 fully saturated rings. The van der Waals surface area contributed by atoms with Gasteiger partial charge in [0.15, 0.2) is 0 Å². The van der Waals surface area contributed by atoms with Gasteiger partial charge in [-0.15, -0.1) is 0 Å². The standard InChI is InChI=1S/C23H25F3N4O4/c1-15-18(5-7-28-8-10-29(11-9-28)20(31)6-12-34-2)22(33)30(21(15)32)17-4-3-16(14-27)19(13-17)23(24,25)26/h3-4,13H,5-12H2,1-2H3. The molecular weight excluding hydrogens is 453 g/mol. The lowest BCUT2D eigenvalue weighted by atomic mass is 10.1. The highest BCUT2D eigenvalue weighted by molar-refractivity contribution is 6.32. The summed E-state index contributed by atoms with van der Waals surface area (Å²) in [5.41, 5.74) is -1.56. The van der Waals surface area contributed by atoms with Crippen LogP contribution in [0, 0.1) is 11.3 Å². The first-order chi connectivity index (χ1) is 16.1. The van der Waals surface area contributed by atoms with Gasteiger partial charge in [0.05, 0.1) is 35.9 Å². The Morgan fingerprint density at radius 2 is 1.82 bits per heavy atom. The molecule has 0 atom stereocenters. The zero-order valence-electron chi connectivity index (χ0n) is 18.9. The molecule has 1 saturated heterocycles. The number of methoxy groups -OCH3 is 1. The molecule has 2 aliphatic heterocycles. The summed E-state index contributed by atoms with van der Waals surface area (Å²) < 4.78 is 44.9. The smallest absolute Gasteiger partial charge is 0.384 e. The largest absolute Gasteiger partial charge is 0.417 e. The van der Waals surface area contributed by atoms with E-state index in [0.717, 1.165) is 11.0 Å². The number of hydrogen-bond donors (Lipinski definition) is 0. The molecule has 0 unspecified atom stereocenters. The highest BCUT2D eigenvalue weighted by atomic mass is 19.4. The van der Waals surface area contributed by atoms with Crippen molar-refractivity contribution in [3.8, 4) is 6.07 Å². The van der Waals surface area contributed by atoms with E-state index in [9.17, 15) is 27.6 Å². The van der Waals surface area contributed by atoms with Crippen molar-refractivity contribution < 1.29 is 32.3 Å². The molecule has 0 aliphatic carbocycles. The zero-order valence-corrected chi connectivity index (χ0v) is 18.9. The Morgan fingerprint density at radius 3 is 2.41 bits per heavy atom. The molecule has 0 saturated carbocycles. The van der Waals surface area contributed by atoms with E-state index < -0.39 is 29.1 Å². The van der Waals surface area contributed by atoms with Crippen molar-refractivity contribution in [3.05, 3.63) is 40.5 Å². The van der Waals surface area contributed by atoms with Gasteiger partial charge >= 0.3 is 6.18 Å². The molecule has 0 radical (unpaired) electrons. The molecule has 8 nitrogen and oxygen atoms in total. The lowest BCUT2D eigenvalue weighted by Gasteiger charge is -2.34. The summed E-state index contributed by atoms with van der Waals surface area (Å²) in [4.78, 5) is 42.4. The molecule has 0 aromatic heterocycles. The van der Waals surface area contributed by atoms with Gasteiger partial charge in [-0.05, 0) is 31.5 Å². The van der Waals surface area contributed by atoms with Crippen molar-refractivity contribution >= 4 is 23.4 Å². The molecule has 0 bridgehead atoms. The number of carbonyl (C=O) groups is 3. The number of hydrogen-bond acceptors (Lipinski definition) is 6. The van der Waals surface area contributed by atoms with Gasteiger partial charge in [-0.2, -0.15) is 18.4 Å². The topological polar surface area (TPSA) is 93.9 Å². The van der Waals surface area contributed by atoms with E-state index in [1.165, 1.54) is 26.2 Å². The highest BCUT2D eigenvalue weighted by Gasteiger charge is 2.39. The molecule has 2 aliphatic rings. The Balaban J connectivity index is 1.65. The average molecular weight is 478 g/mol. The number of nitrogens with zero attached hydrogens (tertiary/aromatic N) is 4. The molecule has 2 heterocycles.